The first-order valence-electron chi connectivity index (χ1n) is 13.8. The van der Waals surface area contributed by atoms with E-state index in [1.165, 1.54) is 57.8 Å². The zero-order valence-corrected chi connectivity index (χ0v) is 23.3. The van der Waals surface area contributed by atoms with Crippen LogP contribution in [0.15, 0.2) is 73.1 Å². The van der Waals surface area contributed by atoms with E-state index in [9.17, 15) is 4.79 Å². The molecule has 4 nitrogen and oxygen atoms in total. The van der Waals surface area contributed by atoms with E-state index < -0.39 is 0 Å². The molecule has 0 aliphatic carbocycles. The van der Waals surface area contributed by atoms with Gasteiger partial charge < -0.3 is 9.64 Å². The molecule has 0 spiro atoms. The van der Waals surface area contributed by atoms with Gasteiger partial charge in [-0.25, -0.2) is 4.57 Å². The average molecular weight is 522 g/mol. The first kappa shape index (κ1) is 28.7. The number of anilines is 1. The van der Waals surface area contributed by atoms with Crippen LogP contribution in [0.25, 0.3) is 0 Å². The molecular weight excluding hydrogens is 480 g/mol. The van der Waals surface area contributed by atoms with E-state index >= 15 is 0 Å². The minimum absolute atomic E-state index is 0.0557. The van der Waals surface area contributed by atoms with Gasteiger partial charge in [0.2, 0.25) is 0 Å². The third-order valence-corrected chi connectivity index (χ3v) is 6.89. The van der Waals surface area contributed by atoms with Crippen molar-refractivity contribution in [1.82, 2.24) is 0 Å². The van der Waals surface area contributed by atoms with Crippen LogP contribution >= 0.6 is 11.6 Å². The molecule has 0 atom stereocenters. The van der Waals surface area contributed by atoms with Gasteiger partial charge in [-0.15, -0.1) is 0 Å². The molecule has 1 aromatic heterocycles. The van der Waals surface area contributed by atoms with E-state index in [0.717, 1.165) is 17.7 Å². The van der Waals surface area contributed by atoms with Gasteiger partial charge in [0.15, 0.2) is 12.4 Å². The molecule has 1 amide bonds. The fraction of sp³-hybridized carbons (Fsp3) is 0.438. The van der Waals surface area contributed by atoms with Crippen molar-refractivity contribution in [3.8, 4) is 5.75 Å². The van der Waals surface area contributed by atoms with Gasteiger partial charge in [-0.1, -0.05) is 101 Å². The van der Waals surface area contributed by atoms with E-state index in [-0.39, 0.29) is 5.91 Å². The molecule has 198 valence electrons. The molecule has 5 heteroatoms. The highest BCUT2D eigenvalue weighted by atomic mass is 35.5. The van der Waals surface area contributed by atoms with Crippen molar-refractivity contribution in [2.45, 2.75) is 77.7 Å². The number of unbranched alkanes of at least 4 members (excludes halogenated alkanes) is 9. The van der Waals surface area contributed by atoms with Gasteiger partial charge >= 0.3 is 0 Å². The normalized spacial score (nSPS) is 10.9. The Bertz CT molecular complexity index is 1090. The van der Waals surface area contributed by atoms with Gasteiger partial charge in [0.05, 0.1) is 18.2 Å². The van der Waals surface area contributed by atoms with Crippen LogP contribution < -0.4 is 14.2 Å². The number of aryl methyl sites for hydroxylation is 1. The molecule has 0 bridgehead atoms. The van der Waals surface area contributed by atoms with Gasteiger partial charge in [0.25, 0.3) is 5.91 Å². The summed E-state index contributed by atoms with van der Waals surface area (Å²) in [4.78, 5) is 15.2. The van der Waals surface area contributed by atoms with E-state index in [4.69, 9.17) is 16.3 Å². The molecular formula is C32H42ClN2O2+. The zero-order chi connectivity index (χ0) is 26.3. The molecule has 37 heavy (non-hydrogen) atoms. The molecule has 0 N–H and O–H groups in total. The topological polar surface area (TPSA) is 33.4 Å². The molecule has 0 saturated carbocycles. The number of rotatable bonds is 16. The lowest BCUT2D eigenvalue weighted by Gasteiger charge is -2.23. The summed E-state index contributed by atoms with van der Waals surface area (Å²) in [5.74, 6) is 0.647. The van der Waals surface area contributed by atoms with E-state index in [1.807, 2.05) is 84.7 Å². The summed E-state index contributed by atoms with van der Waals surface area (Å²) < 4.78 is 7.85. The molecule has 2 aromatic carbocycles. The number of carbonyl (C=O) groups excluding carboxylic acids is 1. The maximum Gasteiger partial charge on any atom is 0.264 e. The van der Waals surface area contributed by atoms with E-state index in [1.54, 1.807) is 4.90 Å². The average Bonchev–Trinajstić information content (AvgIpc) is 2.91. The standard InChI is InChI=1S/C32H42ClN2O2/c1-3-4-5-6-7-8-9-10-11-15-23-37-31-21-20-27(24-30(31)33)25-35(29-18-13-12-14-19-29)32(36)28-17-16-22-34(2)26-28/h12-14,16-22,24,26H,3-11,15,23,25H2,1-2H3/q+1. The van der Waals surface area contributed by atoms with Crippen LogP contribution in [0.2, 0.25) is 5.02 Å². The van der Waals surface area contributed by atoms with Crippen molar-refractivity contribution in [3.63, 3.8) is 0 Å². The monoisotopic (exact) mass is 521 g/mol. The van der Waals surface area contributed by atoms with Crippen LogP contribution in [0.1, 0.15) is 87.1 Å². The molecule has 1 heterocycles. The molecule has 0 fully saturated rings. The number of hydrogen-bond donors (Lipinski definition) is 0. The molecule has 0 aliphatic heterocycles. The van der Waals surface area contributed by atoms with Crippen molar-refractivity contribution >= 4 is 23.2 Å². The van der Waals surface area contributed by atoms with Gasteiger partial charge in [-0.3, -0.25) is 4.79 Å². The highest BCUT2D eigenvalue weighted by Gasteiger charge is 2.20. The minimum atomic E-state index is -0.0557. The van der Waals surface area contributed by atoms with E-state index in [2.05, 4.69) is 6.92 Å². The Labute approximate surface area is 228 Å². The second-order valence-electron chi connectivity index (χ2n) is 9.78. The maximum absolute atomic E-state index is 13.4. The number of halogens is 1. The fourth-order valence-corrected chi connectivity index (χ4v) is 4.73. The predicted octanol–water partition coefficient (Wildman–Crippen LogP) is 8.31. The fourth-order valence-electron chi connectivity index (χ4n) is 4.47. The van der Waals surface area contributed by atoms with Gasteiger partial charge in [-0.2, -0.15) is 0 Å². The van der Waals surface area contributed by atoms with Crippen molar-refractivity contribution in [1.29, 1.82) is 0 Å². The number of ether oxygens (including phenoxy) is 1. The van der Waals surface area contributed by atoms with Crippen LogP contribution in [0.4, 0.5) is 5.69 Å². The number of para-hydroxylation sites is 1. The Kier molecular flexibility index (Phi) is 12.5. The SMILES string of the molecule is CCCCCCCCCCCCOc1ccc(CN(C(=O)c2ccc[n+](C)c2)c2ccccc2)cc1Cl. The number of hydrogen-bond acceptors (Lipinski definition) is 2. The van der Waals surface area contributed by atoms with Crippen molar-refractivity contribution in [3.05, 3.63) is 89.2 Å². The third kappa shape index (κ3) is 9.85. The Morgan fingerprint density at radius 2 is 1.54 bits per heavy atom. The molecule has 0 aliphatic rings. The van der Waals surface area contributed by atoms with Gasteiger partial charge in [0, 0.05) is 11.8 Å². The lowest BCUT2D eigenvalue weighted by atomic mass is 10.1. The second-order valence-corrected chi connectivity index (χ2v) is 10.2. The van der Waals surface area contributed by atoms with E-state index in [0.29, 0.717) is 29.5 Å². The summed E-state index contributed by atoms with van der Waals surface area (Å²) in [5, 5.41) is 0.580. The quantitative estimate of drug-likeness (QED) is 0.140. The highest BCUT2D eigenvalue weighted by Crippen LogP contribution is 2.28. The highest BCUT2D eigenvalue weighted by molar-refractivity contribution is 6.32. The van der Waals surface area contributed by atoms with Crippen LogP contribution in [-0.2, 0) is 13.6 Å². The van der Waals surface area contributed by atoms with Crippen molar-refractivity contribution in [2.24, 2.45) is 7.05 Å². The second kappa shape index (κ2) is 16.1. The zero-order valence-electron chi connectivity index (χ0n) is 22.5. The summed E-state index contributed by atoms with van der Waals surface area (Å²) in [7, 11) is 1.91. The van der Waals surface area contributed by atoms with Crippen LogP contribution in [0.5, 0.6) is 5.75 Å². The number of nitrogens with zero attached hydrogens (tertiary/aromatic N) is 2. The lowest BCUT2D eigenvalue weighted by molar-refractivity contribution is -0.671. The van der Waals surface area contributed by atoms with Crippen molar-refractivity contribution < 1.29 is 14.1 Å². The smallest absolute Gasteiger partial charge is 0.264 e. The molecule has 0 radical (unpaired) electrons. The molecule has 0 unspecified atom stereocenters. The van der Waals surface area contributed by atoms with Gasteiger partial charge in [0.1, 0.15) is 18.4 Å². The maximum atomic E-state index is 13.4. The summed E-state index contributed by atoms with van der Waals surface area (Å²) in [6.45, 7) is 3.35. The summed E-state index contributed by atoms with van der Waals surface area (Å²) in [6, 6.07) is 19.3. The number of benzene rings is 2. The predicted molar refractivity (Wildman–Crippen MR) is 153 cm³/mol. The molecule has 3 aromatic rings. The summed E-state index contributed by atoms with van der Waals surface area (Å²) in [5.41, 5.74) is 2.43. The van der Waals surface area contributed by atoms with Gasteiger partial charge in [-0.05, 0) is 42.3 Å². The Morgan fingerprint density at radius 1 is 0.865 bits per heavy atom. The minimum Gasteiger partial charge on any atom is -0.492 e. The number of aromatic nitrogens is 1. The summed E-state index contributed by atoms with van der Waals surface area (Å²) in [6.07, 6.45) is 16.8. The largest absolute Gasteiger partial charge is 0.492 e. The number of carbonyl (C=O) groups is 1. The molecule has 0 saturated heterocycles. The summed E-state index contributed by atoms with van der Waals surface area (Å²) >= 11 is 6.58. The lowest BCUT2D eigenvalue weighted by Crippen LogP contribution is -2.34. The Hall–Kier alpha value is -2.85. The Balaban J connectivity index is 1.51. The Morgan fingerprint density at radius 3 is 2.19 bits per heavy atom. The molecule has 3 rings (SSSR count). The number of amides is 1. The van der Waals surface area contributed by atoms with Crippen molar-refractivity contribution in [2.75, 3.05) is 11.5 Å². The van der Waals surface area contributed by atoms with Crippen LogP contribution in [-0.4, -0.2) is 12.5 Å². The van der Waals surface area contributed by atoms with Crippen LogP contribution in [0, 0.1) is 0 Å². The number of pyridine rings is 1. The first-order chi connectivity index (χ1) is 18.1. The van der Waals surface area contributed by atoms with Crippen LogP contribution in [0.3, 0.4) is 0 Å². The first-order valence-corrected chi connectivity index (χ1v) is 14.2. The third-order valence-electron chi connectivity index (χ3n) is 6.59.